The molecule has 1 aromatic carbocycles. The minimum atomic E-state index is -0.271. The van der Waals surface area contributed by atoms with Gasteiger partial charge >= 0.3 is 0 Å². The smallest absolute Gasteiger partial charge is 0.145 e. The van der Waals surface area contributed by atoms with Gasteiger partial charge in [-0.2, -0.15) is 0 Å². The van der Waals surface area contributed by atoms with Crippen molar-refractivity contribution in [3.8, 4) is 0 Å². The van der Waals surface area contributed by atoms with Crippen molar-refractivity contribution < 1.29 is 4.39 Å². The molecule has 3 heteroatoms. The van der Waals surface area contributed by atoms with Gasteiger partial charge in [0.25, 0.3) is 0 Å². The summed E-state index contributed by atoms with van der Waals surface area (Å²) in [6.07, 6.45) is 2.52. The molecule has 2 rings (SSSR count). The molecule has 122 valence electrons. The Kier molecular flexibility index (Phi) is 5.54. The van der Waals surface area contributed by atoms with Gasteiger partial charge in [-0.15, -0.1) is 0 Å². The lowest BCUT2D eigenvalue weighted by Gasteiger charge is -2.15. The Bertz CT molecular complexity index is 698. The number of nitrogens with zero attached hydrogens (tertiary/aromatic N) is 1. The molecule has 0 radical (unpaired) electrons. The summed E-state index contributed by atoms with van der Waals surface area (Å²) in [5.74, 6) is 0.402. The fourth-order valence-electron chi connectivity index (χ4n) is 2.58. The van der Waals surface area contributed by atoms with Crippen molar-refractivity contribution in [3.05, 3.63) is 59.0 Å². The van der Waals surface area contributed by atoms with Gasteiger partial charge in [0.15, 0.2) is 0 Å². The predicted molar refractivity (Wildman–Crippen MR) is 96.8 cm³/mol. The number of allylic oxidation sites excluding steroid dienone is 1. The van der Waals surface area contributed by atoms with E-state index in [1.807, 2.05) is 13.8 Å². The zero-order valence-corrected chi connectivity index (χ0v) is 14.5. The molecule has 0 saturated carbocycles. The molecule has 0 aliphatic carbocycles. The van der Waals surface area contributed by atoms with E-state index in [0.29, 0.717) is 17.9 Å². The second-order valence-corrected chi connectivity index (χ2v) is 5.82. The summed E-state index contributed by atoms with van der Waals surface area (Å²) in [7, 11) is 0. The van der Waals surface area contributed by atoms with E-state index in [4.69, 9.17) is 0 Å². The molecule has 0 aliphatic rings. The molecule has 1 heterocycles. The van der Waals surface area contributed by atoms with Gasteiger partial charge in [0.2, 0.25) is 0 Å². The molecule has 0 unspecified atom stereocenters. The van der Waals surface area contributed by atoms with E-state index >= 15 is 0 Å². The Hall–Kier alpha value is -2.16. The van der Waals surface area contributed by atoms with Gasteiger partial charge in [-0.25, -0.2) is 9.37 Å². The molecule has 0 saturated heterocycles. The van der Waals surface area contributed by atoms with Crippen molar-refractivity contribution in [2.45, 2.75) is 47.0 Å². The lowest BCUT2D eigenvalue weighted by atomic mass is 10.0. The third-order valence-electron chi connectivity index (χ3n) is 3.98. The molecule has 1 aromatic heterocycles. The molecule has 23 heavy (non-hydrogen) atoms. The van der Waals surface area contributed by atoms with Gasteiger partial charge < -0.3 is 5.32 Å². The Morgan fingerprint density at radius 3 is 2.13 bits per heavy atom. The molecule has 0 bridgehead atoms. The lowest BCUT2D eigenvalue weighted by Crippen LogP contribution is -2.04. The van der Waals surface area contributed by atoms with Crippen molar-refractivity contribution >= 4 is 17.1 Å². The predicted octanol–water partition coefficient (Wildman–Crippen LogP) is 5.68. The summed E-state index contributed by atoms with van der Waals surface area (Å²) < 4.78 is 14.0. The summed E-state index contributed by atoms with van der Waals surface area (Å²) in [5, 5.41) is 3.37. The molecule has 0 aliphatic heterocycles. The van der Waals surface area contributed by atoms with Crippen LogP contribution in [0.2, 0.25) is 0 Å². The van der Waals surface area contributed by atoms with E-state index in [1.165, 1.54) is 17.2 Å². The molecule has 0 amide bonds. The van der Waals surface area contributed by atoms with E-state index < -0.39 is 0 Å². The number of hydrogen-bond acceptors (Lipinski definition) is 2. The lowest BCUT2D eigenvalue weighted by molar-refractivity contribution is 0.602. The van der Waals surface area contributed by atoms with Crippen LogP contribution in [0.3, 0.4) is 0 Å². The number of hydrogen-bond donors (Lipinski definition) is 1. The highest BCUT2D eigenvalue weighted by atomic mass is 19.1. The number of aromatic nitrogens is 1. The van der Waals surface area contributed by atoms with Crippen LogP contribution in [0.5, 0.6) is 0 Å². The summed E-state index contributed by atoms with van der Waals surface area (Å²) in [5.41, 5.74) is 5.54. The average molecular weight is 312 g/mol. The van der Waals surface area contributed by atoms with E-state index in [-0.39, 0.29) is 5.82 Å². The average Bonchev–Trinajstić information content (AvgIpc) is 2.55. The molecule has 0 atom stereocenters. The van der Waals surface area contributed by atoms with Crippen LogP contribution in [0.15, 0.2) is 30.8 Å². The first-order valence-corrected chi connectivity index (χ1v) is 8.23. The number of rotatable bonds is 6. The maximum Gasteiger partial charge on any atom is 0.145 e. The number of benzene rings is 1. The van der Waals surface area contributed by atoms with E-state index in [1.54, 1.807) is 0 Å². The minimum absolute atomic E-state index is 0.271. The van der Waals surface area contributed by atoms with Crippen LogP contribution in [-0.4, -0.2) is 4.98 Å². The zero-order valence-electron chi connectivity index (χ0n) is 14.5. The van der Waals surface area contributed by atoms with Gasteiger partial charge in [0.05, 0.1) is 5.69 Å². The first kappa shape index (κ1) is 17.2. The van der Waals surface area contributed by atoms with Crippen LogP contribution in [0.1, 0.15) is 50.1 Å². The molecule has 0 fully saturated rings. The number of anilines is 2. The van der Waals surface area contributed by atoms with Crippen molar-refractivity contribution in [1.29, 1.82) is 0 Å². The highest BCUT2D eigenvalue weighted by Gasteiger charge is 2.12. The number of halogens is 1. The standard InChI is InChI=1S/C20H25FN2/c1-6-14-9-15(7-2)11-16(10-14)22-20-17(13(4)5)12-18(21)19(8-3)23-20/h9-12H,4,6-8H2,1-3,5H3,(H,22,23). The van der Waals surface area contributed by atoms with Crippen LogP contribution < -0.4 is 5.32 Å². The van der Waals surface area contributed by atoms with E-state index in [0.717, 1.165) is 29.7 Å². The fourth-order valence-corrected chi connectivity index (χ4v) is 2.58. The second-order valence-electron chi connectivity index (χ2n) is 5.82. The highest BCUT2D eigenvalue weighted by Crippen LogP contribution is 2.27. The van der Waals surface area contributed by atoms with Crippen LogP contribution in [0.4, 0.5) is 15.9 Å². The number of pyridine rings is 1. The summed E-state index contributed by atoms with van der Waals surface area (Å²) in [4.78, 5) is 4.47. The Balaban J connectivity index is 2.48. The molecule has 1 N–H and O–H groups in total. The number of nitrogens with one attached hydrogen (secondary N) is 1. The maximum absolute atomic E-state index is 14.0. The van der Waals surface area contributed by atoms with Crippen LogP contribution in [-0.2, 0) is 19.3 Å². The SMILES string of the molecule is C=C(C)c1cc(F)c(CC)nc1Nc1cc(CC)cc(CC)c1. The summed E-state index contributed by atoms with van der Waals surface area (Å²) in [6.45, 7) is 12.0. The van der Waals surface area contributed by atoms with Gasteiger partial charge in [-0.1, -0.05) is 33.4 Å². The fraction of sp³-hybridized carbons (Fsp3) is 0.350. The van der Waals surface area contributed by atoms with Gasteiger partial charge in [-0.05, 0) is 61.1 Å². The van der Waals surface area contributed by atoms with Crippen molar-refractivity contribution in [2.75, 3.05) is 5.32 Å². The normalized spacial score (nSPS) is 10.7. The topological polar surface area (TPSA) is 24.9 Å². The number of aryl methyl sites for hydroxylation is 3. The van der Waals surface area contributed by atoms with Crippen molar-refractivity contribution in [3.63, 3.8) is 0 Å². The van der Waals surface area contributed by atoms with E-state index in [2.05, 4.69) is 48.9 Å². The molecular weight excluding hydrogens is 287 g/mol. The van der Waals surface area contributed by atoms with Gasteiger partial charge in [0.1, 0.15) is 11.6 Å². The molecular formula is C20H25FN2. The summed E-state index contributed by atoms with van der Waals surface area (Å²) >= 11 is 0. The monoisotopic (exact) mass is 312 g/mol. The Morgan fingerprint density at radius 2 is 1.65 bits per heavy atom. The van der Waals surface area contributed by atoms with Gasteiger partial charge in [-0.3, -0.25) is 0 Å². The van der Waals surface area contributed by atoms with Crippen LogP contribution in [0, 0.1) is 5.82 Å². The zero-order chi connectivity index (χ0) is 17.0. The third kappa shape index (κ3) is 3.98. The third-order valence-corrected chi connectivity index (χ3v) is 3.98. The van der Waals surface area contributed by atoms with Crippen LogP contribution >= 0.6 is 0 Å². The first-order chi connectivity index (χ1) is 11.0. The molecule has 0 spiro atoms. The second kappa shape index (κ2) is 7.40. The van der Waals surface area contributed by atoms with E-state index in [9.17, 15) is 4.39 Å². The molecule has 2 nitrogen and oxygen atoms in total. The van der Waals surface area contributed by atoms with Gasteiger partial charge in [0, 0.05) is 11.3 Å². The maximum atomic E-state index is 14.0. The largest absolute Gasteiger partial charge is 0.340 e. The highest BCUT2D eigenvalue weighted by molar-refractivity contribution is 5.75. The summed E-state index contributed by atoms with van der Waals surface area (Å²) in [6, 6.07) is 8.00. The first-order valence-electron chi connectivity index (χ1n) is 8.23. The minimum Gasteiger partial charge on any atom is -0.340 e. The molecule has 2 aromatic rings. The van der Waals surface area contributed by atoms with Crippen LogP contribution in [0.25, 0.3) is 5.57 Å². The Labute approximate surface area is 138 Å². The quantitative estimate of drug-likeness (QED) is 0.741. The van der Waals surface area contributed by atoms with Crippen molar-refractivity contribution in [2.24, 2.45) is 0 Å². The van der Waals surface area contributed by atoms with Crippen molar-refractivity contribution in [1.82, 2.24) is 4.98 Å². The Morgan fingerprint density at radius 1 is 1.04 bits per heavy atom.